The summed E-state index contributed by atoms with van der Waals surface area (Å²) in [5, 5.41) is 3.88. The maximum Gasteiger partial charge on any atom is 0.231 e. The summed E-state index contributed by atoms with van der Waals surface area (Å²) in [6.07, 6.45) is 0.481. The molecule has 2 N–H and O–H groups in total. The van der Waals surface area contributed by atoms with Gasteiger partial charge in [0, 0.05) is 15.7 Å². The molecule has 0 aliphatic heterocycles. The summed E-state index contributed by atoms with van der Waals surface area (Å²) in [6, 6.07) is 11.9. The van der Waals surface area contributed by atoms with Crippen LogP contribution in [0.1, 0.15) is 11.5 Å². The van der Waals surface area contributed by atoms with Gasteiger partial charge in [-0.3, -0.25) is 0 Å². The van der Waals surface area contributed by atoms with E-state index in [0.717, 1.165) is 5.56 Å². The van der Waals surface area contributed by atoms with E-state index in [0.29, 0.717) is 33.9 Å². The molecule has 0 amide bonds. The Kier molecular flexibility index (Phi) is 3.70. The van der Waals surface area contributed by atoms with Gasteiger partial charge < -0.3 is 10.3 Å². The van der Waals surface area contributed by atoms with Gasteiger partial charge in [-0.2, -0.15) is 4.98 Å². The third kappa shape index (κ3) is 3.28. The van der Waals surface area contributed by atoms with Crippen LogP contribution in [-0.4, -0.2) is 10.1 Å². The molecular formula is C15H11BrFN3O. The highest BCUT2D eigenvalue weighted by molar-refractivity contribution is 9.10. The summed E-state index contributed by atoms with van der Waals surface area (Å²) in [6.45, 7) is 0. The second kappa shape index (κ2) is 5.65. The maximum absolute atomic E-state index is 13.4. The molecule has 0 radical (unpaired) electrons. The Balaban J connectivity index is 1.86. The maximum atomic E-state index is 13.4. The number of anilines is 1. The third-order valence-electron chi connectivity index (χ3n) is 2.90. The van der Waals surface area contributed by atoms with Crippen molar-refractivity contribution in [2.24, 2.45) is 0 Å². The minimum atomic E-state index is -0.360. The van der Waals surface area contributed by atoms with Crippen LogP contribution in [0.15, 0.2) is 51.5 Å². The zero-order chi connectivity index (χ0) is 14.8. The average molecular weight is 348 g/mol. The van der Waals surface area contributed by atoms with Gasteiger partial charge >= 0.3 is 0 Å². The van der Waals surface area contributed by atoms with E-state index in [1.807, 2.05) is 24.3 Å². The van der Waals surface area contributed by atoms with Gasteiger partial charge in [-0.05, 0) is 35.9 Å². The van der Waals surface area contributed by atoms with E-state index in [1.54, 1.807) is 6.07 Å². The SMILES string of the molecule is Nc1cccc(Cc2nc(-c3cc(F)cc(Br)c3)no2)c1. The highest BCUT2D eigenvalue weighted by atomic mass is 79.9. The van der Waals surface area contributed by atoms with Crippen LogP contribution in [0.4, 0.5) is 10.1 Å². The lowest BCUT2D eigenvalue weighted by atomic mass is 10.1. The van der Waals surface area contributed by atoms with Crippen LogP contribution in [-0.2, 0) is 6.42 Å². The molecule has 6 heteroatoms. The lowest BCUT2D eigenvalue weighted by Crippen LogP contribution is -1.91. The molecule has 21 heavy (non-hydrogen) atoms. The van der Waals surface area contributed by atoms with Gasteiger partial charge in [0.15, 0.2) is 0 Å². The van der Waals surface area contributed by atoms with Crippen molar-refractivity contribution in [2.45, 2.75) is 6.42 Å². The van der Waals surface area contributed by atoms with Gasteiger partial charge in [-0.1, -0.05) is 33.2 Å². The molecule has 0 saturated heterocycles. The Morgan fingerprint density at radius 3 is 2.81 bits per heavy atom. The van der Waals surface area contributed by atoms with E-state index in [1.165, 1.54) is 12.1 Å². The van der Waals surface area contributed by atoms with Crippen LogP contribution in [0.25, 0.3) is 11.4 Å². The Bertz CT molecular complexity index is 768. The highest BCUT2D eigenvalue weighted by Crippen LogP contribution is 2.23. The molecule has 1 aromatic heterocycles. The zero-order valence-electron chi connectivity index (χ0n) is 10.9. The van der Waals surface area contributed by atoms with Crippen LogP contribution >= 0.6 is 15.9 Å². The molecule has 0 spiro atoms. The summed E-state index contributed by atoms with van der Waals surface area (Å²) in [4.78, 5) is 4.28. The van der Waals surface area contributed by atoms with Gasteiger partial charge in [0.25, 0.3) is 0 Å². The standard InChI is InChI=1S/C15H11BrFN3O/c16-11-6-10(7-12(17)8-11)15-19-14(21-20-15)5-9-2-1-3-13(18)4-9/h1-4,6-8H,5,18H2. The van der Waals surface area contributed by atoms with Gasteiger partial charge in [0.05, 0.1) is 6.42 Å². The lowest BCUT2D eigenvalue weighted by molar-refractivity contribution is 0.385. The van der Waals surface area contributed by atoms with E-state index < -0.39 is 0 Å². The Morgan fingerprint density at radius 1 is 1.19 bits per heavy atom. The Hall–Kier alpha value is -2.21. The molecule has 0 aliphatic carbocycles. The number of hydrogen-bond donors (Lipinski definition) is 1. The van der Waals surface area contributed by atoms with Crippen molar-refractivity contribution >= 4 is 21.6 Å². The quantitative estimate of drug-likeness (QED) is 0.731. The zero-order valence-corrected chi connectivity index (χ0v) is 12.5. The van der Waals surface area contributed by atoms with Crippen molar-refractivity contribution in [3.63, 3.8) is 0 Å². The first-order valence-corrected chi connectivity index (χ1v) is 7.03. The fourth-order valence-corrected chi connectivity index (χ4v) is 2.47. The topological polar surface area (TPSA) is 64.9 Å². The average Bonchev–Trinajstić information content (AvgIpc) is 2.86. The molecule has 0 aliphatic rings. The normalized spacial score (nSPS) is 10.8. The first kappa shape index (κ1) is 13.8. The van der Waals surface area contributed by atoms with E-state index in [-0.39, 0.29) is 5.82 Å². The van der Waals surface area contributed by atoms with Gasteiger partial charge in [0.1, 0.15) is 5.82 Å². The second-order valence-electron chi connectivity index (χ2n) is 4.59. The van der Waals surface area contributed by atoms with Crippen LogP contribution < -0.4 is 5.73 Å². The number of nitrogens with zero attached hydrogens (tertiary/aromatic N) is 2. The molecule has 4 nitrogen and oxygen atoms in total. The largest absolute Gasteiger partial charge is 0.399 e. The summed E-state index contributed by atoms with van der Waals surface area (Å²) in [7, 11) is 0. The van der Waals surface area contributed by atoms with Crippen molar-refractivity contribution in [3.8, 4) is 11.4 Å². The van der Waals surface area contributed by atoms with E-state index in [4.69, 9.17) is 10.3 Å². The summed E-state index contributed by atoms with van der Waals surface area (Å²) in [5.74, 6) is 0.451. The number of nitrogen functional groups attached to an aromatic ring is 1. The number of halogens is 2. The summed E-state index contributed by atoms with van der Waals surface area (Å²) >= 11 is 3.24. The molecule has 0 unspecified atom stereocenters. The van der Waals surface area contributed by atoms with Crippen molar-refractivity contribution in [2.75, 3.05) is 5.73 Å². The fourth-order valence-electron chi connectivity index (χ4n) is 2.00. The van der Waals surface area contributed by atoms with Crippen LogP contribution in [0.5, 0.6) is 0 Å². The molecule has 3 rings (SSSR count). The molecule has 106 valence electrons. The van der Waals surface area contributed by atoms with Crippen LogP contribution in [0.3, 0.4) is 0 Å². The first-order chi connectivity index (χ1) is 10.1. The highest BCUT2D eigenvalue weighted by Gasteiger charge is 2.11. The molecule has 0 saturated carbocycles. The van der Waals surface area contributed by atoms with Crippen molar-refractivity contribution in [3.05, 3.63) is 64.2 Å². The molecule has 1 heterocycles. The minimum absolute atomic E-state index is 0.356. The Morgan fingerprint density at radius 2 is 2.05 bits per heavy atom. The van der Waals surface area contributed by atoms with Crippen molar-refractivity contribution in [1.29, 1.82) is 0 Å². The molecule has 2 aromatic carbocycles. The molecule has 0 fully saturated rings. The number of hydrogen-bond acceptors (Lipinski definition) is 4. The predicted molar refractivity (Wildman–Crippen MR) is 81.1 cm³/mol. The number of nitrogens with two attached hydrogens (primary N) is 1. The Labute approximate surface area is 128 Å². The summed E-state index contributed by atoms with van der Waals surface area (Å²) in [5.41, 5.74) is 7.95. The van der Waals surface area contributed by atoms with E-state index in [9.17, 15) is 4.39 Å². The van der Waals surface area contributed by atoms with Gasteiger partial charge in [-0.15, -0.1) is 0 Å². The fraction of sp³-hybridized carbons (Fsp3) is 0.0667. The number of rotatable bonds is 3. The third-order valence-corrected chi connectivity index (χ3v) is 3.35. The van der Waals surface area contributed by atoms with E-state index >= 15 is 0 Å². The van der Waals surface area contributed by atoms with Gasteiger partial charge in [-0.25, -0.2) is 4.39 Å². The van der Waals surface area contributed by atoms with E-state index in [2.05, 4.69) is 26.1 Å². The number of benzene rings is 2. The van der Waals surface area contributed by atoms with Crippen LogP contribution in [0, 0.1) is 5.82 Å². The minimum Gasteiger partial charge on any atom is -0.399 e. The number of aromatic nitrogens is 2. The summed E-state index contributed by atoms with van der Waals surface area (Å²) < 4.78 is 19.2. The first-order valence-electron chi connectivity index (χ1n) is 6.23. The van der Waals surface area contributed by atoms with Crippen molar-refractivity contribution in [1.82, 2.24) is 10.1 Å². The van der Waals surface area contributed by atoms with Crippen LogP contribution in [0.2, 0.25) is 0 Å². The molecule has 0 atom stereocenters. The van der Waals surface area contributed by atoms with Crippen molar-refractivity contribution < 1.29 is 8.91 Å². The monoisotopic (exact) mass is 347 g/mol. The molecule has 3 aromatic rings. The second-order valence-corrected chi connectivity index (χ2v) is 5.51. The molecular weight excluding hydrogens is 337 g/mol. The van der Waals surface area contributed by atoms with Gasteiger partial charge in [0.2, 0.25) is 11.7 Å². The predicted octanol–water partition coefficient (Wildman–Crippen LogP) is 3.81. The smallest absolute Gasteiger partial charge is 0.231 e. The molecule has 0 bridgehead atoms. The lowest BCUT2D eigenvalue weighted by Gasteiger charge is -1.98.